The highest BCUT2D eigenvalue weighted by Crippen LogP contribution is 2.16. The van der Waals surface area contributed by atoms with Crippen molar-refractivity contribution in [2.75, 3.05) is 7.11 Å². The van der Waals surface area contributed by atoms with E-state index in [1.807, 2.05) is 42.8 Å². The maximum Gasteiger partial charge on any atom is 0.290 e. The lowest BCUT2D eigenvalue weighted by atomic mass is 10.2. The molecule has 112 valence electrons. The molecule has 7 heteroatoms. The molecular weight excluding hydrogens is 300 g/mol. The highest BCUT2D eigenvalue weighted by atomic mass is 32.1. The summed E-state index contributed by atoms with van der Waals surface area (Å²) in [6.07, 6.45) is 3.40. The van der Waals surface area contributed by atoms with Crippen molar-refractivity contribution in [3.63, 3.8) is 0 Å². The Hall–Kier alpha value is -2.67. The van der Waals surface area contributed by atoms with Crippen LogP contribution in [-0.4, -0.2) is 28.6 Å². The molecule has 3 rings (SSSR count). The molecule has 0 saturated heterocycles. The van der Waals surface area contributed by atoms with Crippen LogP contribution in [0.2, 0.25) is 0 Å². The molecule has 0 radical (unpaired) electrons. The fraction of sp³-hybridized carbons (Fsp3) is 0.133. The van der Waals surface area contributed by atoms with E-state index >= 15 is 0 Å². The minimum absolute atomic E-state index is 0.284. The number of benzene rings is 1. The van der Waals surface area contributed by atoms with Crippen molar-refractivity contribution in [3.8, 4) is 5.75 Å². The first-order chi connectivity index (χ1) is 10.7. The lowest BCUT2D eigenvalue weighted by Crippen LogP contribution is -2.20. The van der Waals surface area contributed by atoms with Crippen LogP contribution < -0.4 is 10.2 Å². The van der Waals surface area contributed by atoms with Crippen LogP contribution in [0.3, 0.4) is 0 Å². The van der Waals surface area contributed by atoms with Crippen molar-refractivity contribution in [1.82, 2.24) is 14.8 Å². The number of ether oxygens (including phenoxy) is 1. The number of carbonyl (C=O) groups excluding carboxylic acids is 1. The average Bonchev–Trinajstić information content (AvgIpc) is 3.07. The molecule has 0 spiro atoms. The molecule has 1 aromatic carbocycles. The van der Waals surface area contributed by atoms with E-state index in [2.05, 4.69) is 15.5 Å². The van der Waals surface area contributed by atoms with Gasteiger partial charge in [-0.15, -0.1) is 11.3 Å². The first-order valence-corrected chi connectivity index (χ1v) is 7.46. The highest BCUT2D eigenvalue weighted by Gasteiger charge is 2.16. The Balaban J connectivity index is 1.72. The Morgan fingerprint density at radius 3 is 2.91 bits per heavy atom. The maximum atomic E-state index is 12.2. The number of carbonyl (C=O) groups is 1. The van der Waals surface area contributed by atoms with Crippen LogP contribution in [0.5, 0.6) is 5.75 Å². The van der Waals surface area contributed by atoms with Gasteiger partial charge >= 0.3 is 0 Å². The maximum absolute atomic E-state index is 12.2. The van der Waals surface area contributed by atoms with Crippen LogP contribution in [0.1, 0.15) is 21.7 Å². The van der Waals surface area contributed by atoms with Gasteiger partial charge in [0.15, 0.2) is 4.96 Å². The Labute approximate surface area is 131 Å². The number of hydrogen-bond donors (Lipinski definition) is 1. The predicted molar refractivity (Wildman–Crippen MR) is 85.9 cm³/mol. The zero-order valence-corrected chi connectivity index (χ0v) is 12.9. The molecule has 0 atom stereocenters. The molecule has 2 aromatic heterocycles. The van der Waals surface area contributed by atoms with Gasteiger partial charge in [-0.05, 0) is 36.8 Å². The second-order valence-corrected chi connectivity index (χ2v) is 5.45. The summed E-state index contributed by atoms with van der Waals surface area (Å²) in [7, 11) is 1.61. The van der Waals surface area contributed by atoms with Gasteiger partial charge in [0.05, 0.1) is 19.0 Å². The number of imidazole rings is 1. The topological polar surface area (TPSA) is 68.0 Å². The first-order valence-electron chi connectivity index (χ1n) is 6.58. The number of thiazole rings is 1. The minimum Gasteiger partial charge on any atom is -0.497 e. The molecule has 0 aliphatic carbocycles. The van der Waals surface area contributed by atoms with E-state index in [9.17, 15) is 4.79 Å². The Bertz CT molecular complexity index is 833. The van der Waals surface area contributed by atoms with Crippen molar-refractivity contribution in [2.24, 2.45) is 5.10 Å². The van der Waals surface area contributed by atoms with Gasteiger partial charge in [-0.1, -0.05) is 0 Å². The van der Waals surface area contributed by atoms with Crippen LogP contribution in [-0.2, 0) is 0 Å². The van der Waals surface area contributed by atoms with E-state index in [1.54, 1.807) is 17.7 Å². The summed E-state index contributed by atoms with van der Waals surface area (Å²) < 4.78 is 6.85. The van der Waals surface area contributed by atoms with Gasteiger partial charge in [0, 0.05) is 11.6 Å². The van der Waals surface area contributed by atoms with Crippen molar-refractivity contribution in [1.29, 1.82) is 0 Å². The summed E-state index contributed by atoms with van der Waals surface area (Å²) >= 11 is 1.49. The number of nitrogens with one attached hydrogen (secondary N) is 1. The summed E-state index contributed by atoms with van der Waals surface area (Å²) in [6.45, 7) is 1.81. The highest BCUT2D eigenvalue weighted by molar-refractivity contribution is 7.15. The molecule has 0 unspecified atom stereocenters. The Morgan fingerprint density at radius 2 is 2.18 bits per heavy atom. The number of fused-ring (bicyclic) bond motifs is 1. The lowest BCUT2D eigenvalue weighted by Gasteiger charge is -2.00. The normalized spacial score (nSPS) is 11.2. The SMILES string of the molecule is COc1ccc(/C=N/NC(=O)c2c(C)nc3sccn23)cc1. The molecule has 1 amide bonds. The van der Waals surface area contributed by atoms with Crippen LogP contribution in [0, 0.1) is 6.92 Å². The molecule has 0 fully saturated rings. The van der Waals surface area contributed by atoms with E-state index < -0.39 is 0 Å². The van der Waals surface area contributed by atoms with Crippen molar-refractivity contribution < 1.29 is 9.53 Å². The third kappa shape index (κ3) is 2.71. The Kier molecular flexibility index (Phi) is 3.88. The standard InChI is InChI=1S/C15H14N4O2S/c1-10-13(19-7-8-22-15(19)17-10)14(20)18-16-9-11-3-5-12(21-2)6-4-11/h3-9H,1-2H3,(H,18,20)/b16-9+. The van der Waals surface area contributed by atoms with E-state index in [1.165, 1.54) is 11.3 Å². The number of rotatable bonds is 4. The quantitative estimate of drug-likeness (QED) is 0.594. The second kappa shape index (κ2) is 5.98. The molecule has 6 nitrogen and oxygen atoms in total. The number of hydrazone groups is 1. The largest absolute Gasteiger partial charge is 0.497 e. The monoisotopic (exact) mass is 314 g/mol. The van der Waals surface area contributed by atoms with Crippen molar-refractivity contribution in [3.05, 3.63) is 52.8 Å². The molecule has 22 heavy (non-hydrogen) atoms. The molecule has 0 bridgehead atoms. The number of nitrogens with zero attached hydrogens (tertiary/aromatic N) is 3. The zero-order valence-electron chi connectivity index (χ0n) is 12.1. The van der Waals surface area contributed by atoms with Gasteiger partial charge in [0.25, 0.3) is 5.91 Å². The molecule has 0 aliphatic rings. The fourth-order valence-corrected chi connectivity index (χ4v) is 2.84. The van der Waals surface area contributed by atoms with Crippen molar-refractivity contribution >= 4 is 28.4 Å². The Morgan fingerprint density at radius 1 is 1.41 bits per heavy atom. The van der Waals surface area contributed by atoms with Gasteiger partial charge < -0.3 is 4.74 Å². The van der Waals surface area contributed by atoms with Gasteiger partial charge in [0.1, 0.15) is 11.4 Å². The number of methoxy groups -OCH3 is 1. The van der Waals surface area contributed by atoms with Gasteiger partial charge in [-0.3, -0.25) is 9.20 Å². The zero-order chi connectivity index (χ0) is 15.5. The van der Waals surface area contributed by atoms with E-state index in [0.29, 0.717) is 11.4 Å². The predicted octanol–water partition coefficient (Wildman–Crippen LogP) is 2.48. The first kappa shape index (κ1) is 14.3. The van der Waals surface area contributed by atoms with Crippen LogP contribution in [0.25, 0.3) is 4.96 Å². The number of hydrogen-bond acceptors (Lipinski definition) is 5. The third-order valence-corrected chi connectivity index (χ3v) is 3.90. The van der Waals surface area contributed by atoms with E-state index in [4.69, 9.17) is 4.74 Å². The average molecular weight is 314 g/mol. The summed E-state index contributed by atoms with van der Waals surface area (Å²) in [4.78, 5) is 17.4. The summed E-state index contributed by atoms with van der Waals surface area (Å²) in [5, 5.41) is 5.87. The lowest BCUT2D eigenvalue weighted by molar-refractivity contribution is 0.0948. The van der Waals surface area contributed by atoms with E-state index in [0.717, 1.165) is 16.3 Å². The number of aryl methyl sites for hydroxylation is 1. The molecular formula is C15H14N4O2S. The smallest absolute Gasteiger partial charge is 0.290 e. The molecule has 3 aromatic rings. The minimum atomic E-state index is -0.284. The van der Waals surface area contributed by atoms with Crippen molar-refractivity contribution in [2.45, 2.75) is 6.92 Å². The summed E-state index contributed by atoms with van der Waals surface area (Å²) in [6, 6.07) is 7.38. The third-order valence-electron chi connectivity index (χ3n) is 3.15. The van der Waals surface area contributed by atoms with Crippen LogP contribution >= 0.6 is 11.3 Å². The summed E-state index contributed by atoms with van der Waals surface area (Å²) in [5.41, 5.74) is 4.58. The molecule has 2 heterocycles. The molecule has 1 N–H and O–H groups in total. The van der Waals surface area contributed by atoms with Crippen LogP contribution in [0.15, 0.2) is 40.9 Å². The fourth-order valence-electron chi connectivity index (χ4n) is 2.08. The molecule has 0 saturated carbocycles. The van der Waals surface area contributed by atoms with Gasteiger partial charge in [-0.2, -0.15) is 5.10 Å². The van der Waals surface area contributed by atoms with Crippen LogP contribution in [0.4, 0.5) is 0 Å². The van der Waals surface area contributed by atoms with Gasteiger partial charge in [0.2, 0.25) is 0 Å². The molecule has 0 aliphatic heterocycles. The summed E-state index contributed by atoms with van der Waals surface area (Å²) in [5.74, 6) is 0.490. The number of aromatic nitrogens is 2. The number of amides is 1. The van der Waals surface area contributed by atoms with Gasteiger partial charge in [-0.25, -0.2) is 10.4 Å². The van der Waals surface area contributed by atoms with E-state index in [-0.39, 0.29) is 5.91 Å². The second-order valence-electron chi connectivity index (χ2n) is 4.57.